The van der Waals surface area contributed by atoms with Gasteiger partial charge in [0, 0.05) is 51.5 Å². The molecule has 2 atom stereocenters. The minimum Gasteiger partial charge on any atom is -0.465 e. The Morgan fingerprint density at radius 1 is 1.17 bits per heavy atom. The predicted molar refractivity (Wildman–Crippen MR) is 108 cm³/mol. The molecule has 2 aromatic heterocycles. The number of furan rings is 1. The summed E-state index contributed by atoms with van der Waals surface area (Å²) in [5.74, 6) is 1.74. The maximum atomic E-state index is 13.4. The summed E-state index contributed by atoms with van der Waals surface area (Å²) < 4.78 is 5.85. The molecule has 0 bridgehead atoms. The zero-order chi connectivity index (χ0) is 20.4. The summed E-state index contributed by atoms with van der Waals surface area (Å²) in [6.45, 7) is 4.77. The average Bonchev–Trinajstić information content (AvgIpc) is 3.17. The van der Waals surface area contributed by atoms with E-state index >= 15 is 0 Å². The van der Waals surface area contributed by atoms with E-state index in [4.69, 9.17) is 4.42 Å². The van der Waals surface area contributed by atoms with Crippen molar-refractivity contribution in [3.05, 3.63) is 53.7 Å². The molecule has 0 unspecified atom stereocenters. The molecule has 29 heavy (non-hydrogen) atoms. The second-order valence-corrected chi connectivity index (χ2v) is 7.98. The summed E-state index contributed by atoms with van der Waals surface area (Å²) in [7, 11) is 1.83. The monoisotopic (exact) mass is 396 g/mol. The zero-order valence-electron chi connectivity index (χ0n) is 17.1. The van der Waals surface area contributed by atoms with Crippen molar-refractivity contribution in [2.45, 2.75) is 38.9 Å². The summed E-state index contributed by atoms with van der Waals surface area (Å²) in [5.41, 5.74) is 0.935. The first kappa shape index (κ1) is 19.6. The van der Waals surface area contributed by atoms with Gasteiger partial charge in [-0.15, -0.1) is 0 Å². The minimum atomic E-state index is -0.225. The molecule has 2 amide bonds. The lowest BCUT2D eigenvalue weighted by atomic mass is 9.90. The highest BCUT2D eigenvalue weighted by Crippen LogP contribution is 2.28. The number of carbonyl (C=O) groups is 2. The van der Waals surface area contributed by atoms with Crippen LogP contribution in [0.1, 0.15) is 30.4 Å². The van der Waals surface area contributed by atoms with Crippen LogP contribution in [0.15, 0.2) is 41.1 Å². The fraction of sp³-hybridized carbons (Fsp3) is 0.500. The van der Waals surface area contributed by atoms with Crippen LogP contribution in [0.4, 0.5) is 0 Å². The number of pyridine rings is 1. The van der Waals surface area contributed by atoms with Crippen LogP contribution in [0.5, 0.6) is 0 Å². The Kier molecular flexibility index (Phi) is 5.67. The van der Waals surface area contributed by atoms with E-state index in [1.165, 1.54) is 0 Å². The molecular weight excluding hydrogens is 368 g/mol. The number of likely N-dealkylation sites (tertiary alicyclic amines) is 1. The van der Waals surface area contributed by atoms with Gasteiger partial charge in [0.05, 0.1) is 12.5 Å². The predicted octanol–water partition coefficient (Wildman–Crippen LogP) is 1.93. The van der Waals surface area contributed by atoms with Crippen molar-refractivity contribution < 1.29 is 14.0 Å². The maximum absolute atomic E-state index is 13.4. The third-order valence-corrected chi connectivity index (χ3v) is 6.05. The number of carbonyl (C=O) groups excluding carboxylic acids is 2. The van der Waals surface area contributed by atoms with Gasteiger partial charge in [0.1, 0.15) is 18.1 Å². The molecule has 7 heteroatoms. The lowest BCUT2D eigenvalue weighted by Gasteiger charge is -2.40. The molecule has 4 rings (SSSR count). The normalized spacial score (nSPS) is 23.2. The van der Waals surface area contributed by atoms with E-state index in [2.05, 4.69) is 16.8 Å². The number of fused-ring (bicyclic) bond motifs is 1. The van der Waals surface area contributed by atoms with Crippen molar-refractivity contribution in [3.8, 4) is 0 Å². The summed E-state index contributed by atoms with van der Waals surface area (Å²) >= 11 is 0. The lowest BCUT2D eigenvalue weighted by molar-refractivity contribution is -0.139. The van der Waals surface area contributed by atoms with Crippen LogP contribution in [0, 0.1) is 5.92 Å². The van der Waals surface area contributed by atoms with E-state index in [1.807, 2.05) is 31.3 Å². The van der Waals surface area contributed by atoms with E-state index in [-0.39, 0.29) is 30.3 Å². The largest absolute Gasteiger partial charge is 0.465 e. The lowest BCUT2D eigenvalue weighted by Crippen LogP contribution is -2.53. The smallest absolute Gasteiger partial charge is 0.242 e. The van der Waals surface area contributed by atoms with Crippen molar-refractivity contribution in [3.63, 3.8) is 0 Å². The molecule has 0 aliphatic carbocycles. The zero-order valence-corrected chi connectivity index (χ0v) is 17.1. The first-order chi connectivity index (χ1) is 14.0. The molecule has 0 N–H and O–H groups in total. The maximum Gasteiger partial charge on any atom is 0.242 e. The van der Waals surface area contributed by atoms with Crippen LogP contribution in [-0.2, 0) is 29.1 Å². The second kappa shape index (κ2) is 8.37. The number of hydrogen-bond acceptors (Lipinski definition) is 5. The Bertz CT molecular complexity index is 866. The van der Waals surface area contributed by atoms with Gasteiger partial charge in [-0.3, -0.25) is 19.5 Å². The Balaban J connectivity index is 1.51. The summed E-state index contributed by atoms with van der Waals surface area (Å²) in [6, 6.07) is 7.77. The Hall–Kier alpha value is -2.67. The van der Waals surface area contributed by atoms with Gasteiger partial charge in [0.25, 0.3) is 0 Å². The number of piperidine rings is 1. The number of nitrogens with zero attached hydrogens (tertiary/aromatic N) is 4. The highest BCUT2D eigenvalue weighted by molar-refractivity contribution is 5.89. The van der Waals surface area contributed by atoms with Gasteiger partial charge in [-0.1, -0.05) is 13.0 Å². The molecule has 2 aliphatic rings. The molecule has 0 aromatic carbocycles. The van der Waals surface area contributed by atoms with Crippen molar-refractivity contribution in [1.82, 2.24) is 19.7 Å². The van der Waals surface area contributed by atoms with Crippen molar-refractivity contribution in [2.24, 2.45) is 5.92 Å². The number of aromatic nitrogens is 1. The van der Waals surface area contributed by atoms with Crippen LogP contribution in [-0.4, -0.2) is 64.2 Å². The number of hydrogen-bond donors (Lipinski definition) is 0. The summed E-state index contributed by atoms with van der Waals surface area (Å²) in [4.78, 5) is 36.0. The van der Waals surface area contributed by atoms with Crippen LogP contribution < -0.4 is 0 Å². The topological polar surface area (TPSA) is 69.9 Å². The van der Waals surface area contributed by atoms with Crippen molar-refractivity contribution in [2.75, 3.05) is 26.7 Å². The molecule has 2 fully saturated rings. The summed E-state index contributed by atoms with van der Waals surface area (Å²) in [6.07, 6.45) is 5.12. The standard InChI is InChI=1S/C22H28N4O3/c1-3-17-6-7-18(29-17)13-25-10-8-20-19(14-25)22(28)26(15-21(27)24(20)2)12-16-5-4-9-23-11-16/h4-7,9,11,19-20H,3,8,10,12-15H2,1-2H3/t19-,20+/m0/s1. The number of rotatable bonds is 5. The molecule has 2 aromatic rings. The van der Waals surface area contributed by atoms with Crippen LogP contribution in [0.2, 0.25) is 0 Å². The highest BCUT2D eigenvalue weighted by Gasteiger charge is 2.43. The first-order valence-corrected chi connectivity index (χ1v) is 10.3. The Morgan fingerprint density at radius 3 is 2.72 bits per heavy atom. The third-order valence-electron chi connectivity index (χ3n) is 6.05. The molecule has 0 spiro atoms. The quantitative estimate of drug-likeness (QED) is 0.772. The highest BCUT2D eigenvalue weighted by atomic mass is 16.3. The number of amides is 2. The van der Waals surface area contributed by atoms with Crippen molar-refractivity contribution >= 4 is 11.8 Å². The van der Waals surface area contributed by atoms with Gasteiger partial charge in [0.15, 0.2) is 0 Å². The molecule has 0 saturated carbocycles. The average molecular weight is 396 g/mol. The molecule has 2 saturated heterocycles. The van der Waals surface area contributed by atoms with Gasteiger partial charge in [-0.25, -0.2) is 0 Å². The fourth-order valence-electron chi connectivity index (χ4n) is 4.39. The molecule has 154 valence electrons. The molecule has 4 heterocycles. The molecule has 2 aliphatic heterocycles. The number of aryl methyl sites for hydroxylation is 1. The van der Waals surface area contributed by atoms with Gasteiger partial charge in [-0.2, -0.15) is 0 Å². The van der Waals surface area contributed by atoms with Gasteiger partial charge in [0.2, 0.25) is 11.8 Å². The second-order valence-electron chi connectivity index (χ2n) is 7.98. The number of likely N-dealkylation sites (N-methyl/N-ethyl adjacent to an activating group) is 1. The molecule has 7 nitrogen and oxygen atoms in total. The van der Waals surface area contributed by atoms with E-state index in [0.717, 1.165) is 36.5 Å². The van der Waals surface area contributed by atoms with Crippen LogP contribution >= 0.6 is 0 Å². The first-order valence-electron chi connectivity index (χ1n) is 10.3. The van der Waals surface area contributed by atoms with E-state index in [9.17, 15) is 9.59 Å². The Morgan fingerprint density at radius 2 is 2.00 bits per heavy atom. The van der Waals surface area contributed by atoms with Crippen LogP contribution in [0.3, 0.4) is 0 Å². The van der Waals surface area contributed by atoms with Crippen molar-refractivity contribution in [1.29, 1.82) is 0 Å². The third kappa shape index (κ3) is 4.19. The minimum absolute atomic E-state index is 0.00168. The van der Waals surface area contributed by atoms with E-state index in [1.54, 1.807) is 22.2 Å². The molecule has 0 radical (unpaired) electrons. The van der Waals surface area contributed by atoms with Gasteiger partial charge in [-0.05, 0) is 30.2 Å². The molecular formula is C22H28N4O3. The van der Waals surface area contributed by atoms with E-state index in [0.29, 0.717) is 19.6 Å². The van der Waals surface area contributed by atoms with Crippen LogP contribution in [0.25, 0.3) is 0 Å². The van der Waals surface area contributed by atoms with E-state index < -0.39 is 0 Å². The SMILES string of the molecule is CCc1ccc(CN2CC[C@@H]3[C@H](C2)C(=O)N(Cc2cccnc2)CC(=O)N3C)o1. The Labute approximate surface area is 171 Å². The summed E-state index contributed by atoms with van der Waals surface area (Å²) in [5, 5.41) is 0. The van der Waals surface area contributed by atoms with Gasteiger partial charge < -0.3 is 14.2 Å². The van der Waals surface area contributed by atoms with Gasteiger partial charge >= 0.3 is 0 Å². The fourth-order valence-corrected chi connectivity index (χ4v) is 4.39.